The van der Waals surface area contributed by atoms with Crippen molar-refractivity contribution in [1.29, 1.82) is 0 Å². The second-order valence-corrected chi connectivity index (χ2v) is 7.13. The van der Waals surface area contributed by atoms with Crippen LogP contribution in [0, 0.1) is 0 Å². The van der Waals surface area contributed by atoms with Crippen LogP contribution in [0.2, 0.25) is 10.0 Å². The Labute approximate surface area is 154 Å². The van der Waals surface area contributed by atoms with Gasteiger partial charge >= 0.3 is 0 Å². The lowest BCUT2D eigenvalue weighted by Gasteiger charge is -2.07. The van der Waals surface area contributed by atoms with Gasteiger partial charge < -0.3 is 5.32 Å². The van der Waals surface area contributed by atoms with Crippen molar-refractivity contribution in [3.63, 3.8) is 0 Å². The van der Waals surface area contributed by atoms with Gasteiger partial charge in [-0.25, -0.2) is 0 Å². The van der Waals surface area contributed by atoms with Gasteiger partial charge in [0.15, 0.2) is 5.17 Å². The molecule has 2 aromatic rings. The molecule has 1 unspecified atom stereocenters. The maximum absolute atomic E-state index is 12.1. The first kappa shape index (κ1) is 17.0. The minimum atomic E-state index is -0.283. The van der Waals surface area contributed by atoms with Crippen LogP contribution in [0.5, 0.6) is 0 Å². The van der Waals surface area contributed by atoms with Crippen molar-refractivity contribution in [1.82, 2.24) is 5.32 Å². The predicted molar refractivity (Wildman–Crippen MR) is 101 cm³/mol. The lowest BCUT2D eigenvalue weighted by atomic mass is 10.1. The summed E-state index contributed by atoms with van der Waals surface area (Å²) in [6.07, 6.45) is 2.15. The summed E-state index contributed by atoms with van der Waals surface area (Å²) >= 11 is 13.4. The Morgan fingerprint density at radius 1 is 1.17 bits per heavy atom. The smallest absolute Gasteiger partial charge is 0.239 e. The molecule has 1 heterocycles. The zero-order valence-corrected chi connectivity index (χ0v) is 14.8. The zero-order valence-electron chi connectivity index (χ0n) is 12.4. The fourth-order valence-electron chi connectivity index (χ4n) is 2.16. The summed E-state index contributed by atoms with van der Waals surface area (Å²) in [6, 6.07) is 14.9. The van der Waals surface area contributed by atoms with Crippen LogP contribution in [0.3, 0.4) is 0 Å². The molecule has 4 nitrogen and oxygen atoms in total. The van der Waals surface area contributed by atoms with E-state index in [2.05, 4.69) is 15.5 Å². The minimum absolute atomic E-state index is 0.0975. The van der Waals surface area contributed by atoms with E-state index in [1.165, 1.54) is 11.8 Å². The lowest BCUT2D eigenvalue weighted by molar-refractivity contribution is -0.118. The maximum Gasteiger partial charge on any atom is 0.239 e. The van der Waals surface area contributed by atoms with Crippen molar-refractivity contribution in [3.05, 3.63) is 69.7 Å². The summed E-state index contributed by atoms with van der Waals surface area (Å²) in [5.74, 6) is -0.0975. The summed E-state index contributed by atoms with van der Waals surface area (Å²) in [7, 11) is 0. The third-order valence-electron chi connectivity index (χ3n) is 3.35. The molecule has 1 N–H and O–H groups in total. The van der Waals surface area contributed by atoms with Crippen molar-refractivity contribution in [3.8, 4) is 0 Å². The highest BCUT2D eigenvalue weighted by molar-refractivity contribution is 8.15. The molecule has 3 rings (SSSR count). The van der Waals surface area contributed by atoms with E-state index in [1.54, 1.807) is 18.3 Å². The number of amides is 1. The van der Waals surface area contributed by atoms with E-state index in [0.29, 0.717) is 21.6 Å². The number of carbonyl (C=O) groups excluding carboxylic acids is 1. The summed E-state index contributed by atoms with van der Waals surface area (Å²) in [6.45, 7) is 0. The van der Waals surface area contributed by atoms with Gasteiger partial charge in [0.05, 0.1) is 11.5 Å². The van der Waals surface area contributed by atoms with Gasteiger partial charge in [0, 0.05) is 10.0 Å². The molecule has 0 saturated carbocycles. The highest BCUT2D eigenvalue weighted by atomic mass is 35.5. The number of rotatable bonds is 4. The summed E-state index contributed by atoms with van der Waals surface area (Å²) < 4.78 is 0. The lowest BCUT2D eigenvalue weighted by Crippen LogP contribution is -2.26. The van der Waals surface area contributed by atoms with Crippen molar-refractivity contribution >= 4 is 52.3 Å². The van der Waals surface area contributed by atoms with E-state index in [-0.39, 0.29) is 11.2 Å². The molecule has 1 aliphatic heterocycles. The topological polar surface area (TPSA) is 53.8 Å². The molecule has 1 saturated heterocycles. The van der Waals surface area contributed by atoms with Crippen LogP contribution < -0.4 is 5.32 Å². The van der Waals surface area contributed by atoms with Gasteiger partial charge in [-0.3, -0.25) is 4.79 Å². The number of nitrogens with zero attached hydrogens (tertiary/aromatic N) is 2. The van der Waals surface area contributed by atoms with Crippen LogP contribution in [0.25, 0.3) is 0 Å². The second kappa shape index (κ2) is 7.83. The standard InChI is InChI=1S/C17H13Cl2N3OS/c18-13-7-6-12(14(19)9-13)8-15-16(23)21-17(24-15)22-20-10-11-4-2-1-3-5-11/h1-7,9-10,15H,8H2,(H,21,22,23). The van der Waals surface area contributed by atoms with Gasteiger partial charge in [-0.05, 0) is 29.7 Å². The molecule has 0 bridgehead atoms. The Bertz CT molecular complexity index is 809. The molecule has 0 radical (unpaired) electrons. The number of thioether (sulfide) groups is 1. The molecule has 24 heavy (non-hydrogen) atoms. The number of hydrogen-bond donors (Lipinski definition) is 1. The Balaban J connectivity index is 1.65. The van der Waals surface area contributed by atoms with Crippen molar-refractivity contribution in [2.24, 2.45) is 10.2 Å². The molecular weight excluding hydrogens is 365 g/mol. The van der Waals surface area contributed by atoms with Gasteiger partial charge in [0.2, 0.25) is 5.91 Å². The van der Waals surface area contributed by atoms with E-state index in [4.69, 9.17) is 23.2 Å². The van der Waals surface area contributed by atoms with Crippen LogP contribution in [0.4, 0.5) is 0 Å². The molecule has 1 aliphatic rings. The first-order valence-corrected chi connectivity index (χ1v) is 8.83. The van der Waals surface area contributed by atoms with E-state index in [9.17, 15) is 4.79 Å². The van der Waals surface area contributed by atoms with Crippen LogP contribution in [0.15, 0.2) is 58.7 Å². The average molecular weight is 378 g/mol. The predicted octanol–water partition coefficient (Wildman–Crippen LogP) is 4.16. The second-order valence-electron chi connectivity index (χ2n) is 5.10. The maximum atomic E-state index is 12.1. The summed E-state index contributed by atoms with van der Waals surface area (Å²) in [5, 5.41) is 12.1. The van der Waals surface area contributed by atoms with E-state index in [1.807, 2.05) is 36.4 Å². The highest BCUT2D eigenvalue weighted by Crippen LogP contribution is 2.28. The van der Waals surface area contributed by atoms with Gasteiger partial charge in [-0.2, -0.15) is 5.10 Å². The molecular formula is C17H13Cl2N3OS. The normalized spacial score (nSPS) is 19.2. The fourth-order valence-corrected chi connectivity index (χ4v) is 3.60. The summed E-state index contributed by atoms with van der Waals surface area (Å²) in [4.78, 5) is 12.1. The molecule has 2 aromatic carbocycles. The quantitative estimate of drug-likeness (QED) is 0.642. The zero-order chi connectivity index (χ0) is 16.9. The SMILES string of the molecule is O=C1NC(=NN=Cc2ccccc2)SC1Cc1ccc(Cl)cc1Cl. The number of hydrogen-bond acceptors (Lipinski definition) is 4. The minimum Gasteiger partial charge on any atom is -0.303 e. The molecule has 0 aliphatic carbocycles. The molecule has 1 fully saturated rings. The molecule has 1 atom stereocenters. The molecule has 7 heteroatoms. The number of halogens is 2. The van der Waals surface area contributed by atoms with E-state index >= 15 is 0 Å². The highest BCUT2D eigenvalue weighted by Gasteiger charge is 2.30. The first-order chi connectivity index (χ1) is 11.6. The molecule has 0 spiro atoms. The van der Waals surface area contributed by atoms with Crippen LogP contribution in [-0.4, -0.2) is 22.5 Å². The van der Waals surface area contributed by atoms with Crippen molar-refractivity contribution < 1.29 is 4.79 Å². The molecule has 1 amide bonds. The molecule has 0 aromatic heterocycles. The number of carbonyl (C=O) groups is 1. The Hall–Kier alpha value is -1.82. The number of nitrogens with one attached hydrogen (secondary N) is 1. The van der Waals surface area contributed by atoms with Crippen molar-refractivity contribution in [2.45, 2.75) is 11.7 Å². The number of amidine groups is 1. The monoisotopic (exact) mass is 377 g/mol. The van der Waals surface area contributed by atoms with Gasteiger partial charge in [0.1, 0.15) is 0 Å². The van der Waals surface area contributed by atoms with Crippen molar-refractivity contribution in [2.75, 3.05) is 0 Å². The Kier molecular flexibility index (Phi) is 5.56. The van der Waals surface area contributed by atoms with E-state index < -0.39 is 0 Å². The third-order valence-corrected chi connectivity index (χ3v) is 5.01. The third kappa shape index (κ3) is 4.38. The van der Waals surface area contributed by atoms with Gasteiger partial charge in [-0.1, -0.05) is 71.4 Å². The molecule has 122 valence electrons. The summed E-state index contributed by atoms with van der Waals surface area (Å²) in [5.41, 5.74) is 1.82. The van der Waals surface area contributed by atoms with Gasteiger partial charge in [-0.15, -0.1) is 5.10 Å². The van der Waals surface area contributed by atoms with Crippen LogP contribution in [-0.2, 0) is 11.2 Å². The van der Waals surface area contributed by atoms with E-state index in [0.717, 1.165) is 11.1 Å². The average Bonchev–Trinajstić information content (AvgIpc) is 2.91. The van der Waals surface area contributed by atoms with Crippen LogP contribution in [0.1, 0.15) is 11.1 Å². The largest absolute Gasteiger partial charge is 0.303 e. The fraction of sp³-hybridized carbons (Fsp3) is 0.118. The Morgan fingerprint density at radius 2 is 1.96 bits per heavy atom. The van der Waals surface area contributed by atoms with Crippen LogP contribution >= 0.6 is 35.0 Å². The van der Waals surface area contributed by atoms with Gasteiger partial charge in [0.25, 0.3) is 0 Å². The first-order valence-electron chi connectivity index (χ1n) is 7.19. The Morgan fingerprint density at radius 3 is 2.71 bits per heavy atom. The number of benzene rings is 2.